The van der Waals surface area contributed by atoms with Crippen molar-refractivity contribution in [3.8, 4) is 0 Å². The number of carbonyl (C=O) groups is 2. The molecule has 1 unspecified atom stereocenters. The molecule has 0 saturated carbocycles. The predicted molar refractivity (Wildman–Crippen MR) is 143 cm³/mol. The minimum atomic E-state index is -0.977. The summed E-state index contributed by atoms with van der Waals surface area (Å²) in [6.07, 6.45) is 4.65. The molecular formula is C28H31N5O3. The number of fused-ring (bicyclic) bond motifs is 3. The molecule has 36 heavy (non-hydrogen) atoms. The van der Waals surface area contributed by atoms with Crippen molar-refractivity contribution in [1.82, 2.24) is 15.3 Å². The van der Waals surface area contributed by atoms with Crippen LogP contribution in [0.4, 0.5) is 16.2 Å². The van der Waals surface area contributed by atoms with Gasteiger partial charge in [-0.15, -0.1) is 0 Å². The predicted octanol–water partition coefficient (Wildman–Crippen LogP) is 4.94. The number of pyridine rings is 1. The maximum atomic E-state index is 12.1. The number of hydrogen-bond acceptors (Lipinski definition) is 4. The first-order valence-electron chi connectivity index (χ1n) is 12.5. The molecule has 2 heterocycles. The van der Waals surface area contributed by atoms with Gasteiger partial charge in [-0.3, -0.25) is 14.7 Å². The lowest BCUT2D eigenvalue weighted by atomic mass is 9.83. The highest BCUT2D eigenvalue weighted by molar-refractivity contribution is 5.94. The zero-order chi connectivity index (χ0) is 25.1. The Bertz CT molecular complexity index is 1410. The van der Waals surface area contributed by atoms with Crippen LogP contribution in [0.25, 0.3) is 21.8 Å². The first-order valence-corrected chi connectivity index (χ1v) is 12.5. The highest BCUT2D eigenvalue weighted by Gasteiger charge is 2.24. The largest absolute Gasteiger partial charge is 0.465 e. The van der Waals surface area contributed by atoms with Gasteiger partial charge in [-0.05, 0) is 67.5 Å². The van der Waals surface area contributed by atoms with E-state index in [1.54, 1.807) is 6.92 Å². The molecule has 0 aliphatic heterocycles. The van der Waals surface area contributed by atoms with Gasteiger partial charge in [0.05, 0.1) is 5.52 Å². The molecule has 0 spiro atoms. The van der Waals surface area contributed by atoms with Crippen LogP contribution in [0.1, 0.15) is 31.0 Å². The molecule has 0 radical (unpaired) electrons. The summed E-state index contributed by atoms with van der Waals surface area (Å²) < 4.78 is 0. The van der Waals surface area contributed by atoms with Crippen molar-refractivity contribution in [2.75, 3.05) is 29.9 Å². The number of nitrogens with zero attached hydrogens (tertiary/aromatic N) is 2. The minimum Gasteiger partial charge on any atom is -0.465 e. The van der Waals surface area contributed by atoms with Crippen LogP contribution in [0.3, 0.4) is 0 Å². The zero-order valence-corrected chi connectivity index (χ0v) is 20.4. The van der Waals surface area contributed by atoms with E-state index >= 15 is 0 Å². The number of aromatic amines is 1. The number of amides is 2. The molecule has 0 bridgehead atoms. The average Bonchev–Trinajstić information content (AvgIpc) is 3.33. The smallest absolute Gasteiger partial charge is 0.411 e. The molecule has 2 aromatic carbocycles. The summed E-state index contributed by atoms with van der Waals surface area (Å²) in [7, 11) is 0. The number of nitrogens with one attached hydrogen (secondary N) is 3. The van der Waals surface area contributed by atoms with Gasteiger partial charge in [-0.1, -0.05) is 18.2 Å². The molecule has 2 amide bonds. The Labute approximate surface area is 209 Å². The summed E-state index contributed by atoms with van der Waals surface area (Å²) in [5.41, 5.74) is 5.95. The van der Waals surface area contributed by atoms with E-state index in [9.17, 15) is 14.7 Å². The summed E-state index contributed by atoms with van der Waals surface area (Å²) in [6.45, 7) is 3.03. The molecule has 1 atom stereocenters. The van der Waals surface area contributed by atoms with Crippen LogP contribution in [0.15, 0.2) is 54.7 Å². The third-order valence-corrected chi connectivity index (χ3v) is 7.01. The van der Waals surface area contributed by atoms with Crippen LogP contribution in [-0.2, 0) is 17.6 Å². The van der Waals surface area contributed by atoms with E-state index in [4.69, 9.17) is 4.98 Å². The summed E-state index contributed by atoms with van der Waals surface area (Å²) in [6, 6.07) is 15.7. The van der Waals surface area contributed by atoms with Crippen LogP contribution in [-0.4, -0.2) is 46.7 Å². The fraction of sp³-hybridized carbons (Fsp3) is 0.321. The molecule has 4 aromatic rings. The van der Waals surface area contributed by atoms with Crippen LogP contribution in [0.5, 0.6) is 0 Å². The van der Waals surface area contributed by atoms with Crippen LogP contribution in [0, 0.1) is 5.92 Å². The lowest BCUT2D eigenvalue weighted by molar-refractivity contribution is -0.119. The minimum absolute atomic E-state index is 0.00485. The molecule has 8 heteroatoms. The summed E-state index contributed by atoms with van der Waals surface area (Å²) in [5.74, 6) is 0.488. The Hall–Kier alpha value is -4.07. The lowest BCUT2D eigenvalue weighted by Gasteiger charge is -2.28. The standard InChI is InChI=1S/C28H31N5O3/c1-18(34)29-12-10-19-6-8-23-26(16-19)32-25-5-3-2-4-22(25)27(23)31-14-15-33(28(35)36)21-7-9-24-20(17-21)11-13-30-24/h2-5,7,9,11,13,17,19,30H,6,8,10,12,14-16H2,1H3,(H,29,34)(H,31,32)(H,35,36). The van der Waals surface area contributed by atoms with E-state index in [2.05, 4.69) is 21.7 Å². The number of H-pyrrole nitrogens is 1. The van der Waals surface area contributed by atoms with Crippen molar-refractivity contribution in [1.29, 1.82) is 0 Å². The molecule has 2 aromatic heterocycles. The van der Waals surface area contributed by atoms with Crippen molar-refractivity contribution in [2.45, 2.75) is 32.6 Å². The third kappa shape index (κ3) is 4.98. The number of rotatable bonds is 8. The first kappa shape index (κ1) is 23.7. The molecule has 1 aliphatic rings. The highest BCUT2D eigenvalue weighted by Crippen LogP contribution is 2.36. The fourth-order valence-electron chi connectivity index (χ4n) is 5.20. The summed E-state index contributed by atoms with van der Waals surface area (Å²) in [4.78, 5) is 32.8. The third-order valence-electron chi connectivity index (χ3n) is 7.01. The molecule has 1 aliphatic carbocycles. The Kier molecular flexibility index (Phi) is 6.75. The van der Waals surface area contributed by atoms with Crippen molar-refractivity contribution in [3.05, 3.63) is 66.0 Å². The number of hydrogen-bond donors (Lipinski definition) is 4. The Morgan fingerprint density at radius 2 is 2.03 bits per heavy atom. The number of carbonyl (C=O) groups excluding carboxylic acids is 1. The highest BCUT2D eigenvalue weighted by atomic mass is 16.4. The van der Waals surface area contributed by atoms with E-state index in [1.807, 2.05) is 48.7 Å². The number of carboxylic acid groups (broad SMARTS) is 1. The van der Waals surface area contributed by atoms with Gasteiger partial charge in [-0.25, -0.2) is 4.79 Å². The molecular weight excluding hydrogens is 454 g/mol. The van der Waals surface area contributed by atoms with Crippen LogP contribution >= 0.6 is 0 Å². The Morgan fingerprint density at radius 3 is 2.86 bits per heavy atom. The van der Waals surface area contributed by atoms with E-state index in [0.717, 1.165) is 58.9 Å². The lowest BCUT2D eigenvalue weighted by Crippen LogP contribution is -2.34. The normalized spacial score (nSPS) is 15.0. The Balaban J connectivity index is 1.35. The van der Waals surface area contributed by atoms with Gasteiger partial charge in [0.15, 0.2) is 0 Å². The quantitative estimate of drug-likeness (QED) is 0.282. The molecule has 0 saturated heterocycles. The second-order valence-electron chi connectivity index (χ2n) is 9.42. The SMILES string of the molecule is CC(=O)NCCC1CCc2c(nc3ccccc3c2NCCN(C(=O)O)c2ccc3[nH]ccc3c2)C1. The molecule has 5 rings (SSSR count). The topological polar surface area (TPSA) is 110 Å². The number of aromatic nitrogens is 2. The van der Waals surface area contributed by atoms with Gasteiger partial charge in [0, 0.05) is 66.1 Å². The molecule has 0 fully saturated rings. The van der Waals surface area contributed by atoms with Gasteiger partial charge < -0.3 is 20.7 Å². The zero-order valence-electron chi connectivity index (χ0n) is 20.4. The second kappa shape index (κ2) is 10.3. The average molecular weight is 486 g/mol. The van der Waals surface area contributed by atoms with Crippen molar-refractivity contribution in [2.24, 2.45) is 5.92 Å². The van der Waals surface area contributed by atoms with Gasteiger partial charge >= 0.3 is 6.09 Å². The van der Waals surface area contributed by atoms with Crippen molar-refractivity contribution >= 4 is 45.2 Å². The fourth-order valence-corrected chi connectivity index (χ4v) is 5.20. The van der Waals surface area contributed by atoms with Gasteiger partial charge in [0.1, 0.15) is 0 Å². The van der Waals surface area contributed by atoms with Gasteiger partial charge in [-0.2, -0.15) is 0 Å². The first-order chi connectivity index (χ1) is 17.5. The monoisotopic (exact) mass is 485 g/mol. The van der Waals surface area contributed by atoms with E-state index in [1.165, 1.54) is 10.5 Å². The maximum Gasteiger partial charge on any atom is 0.411 e. The van der Waals surface area contributed by atoms with Crippen LogP contribution < -0.4 is 15.5 Å². The van der Waals surface area contributed by atoms with E-state index in [0.29, 0.717) is 31.2 Å². The molecule has 8 nitrogen and oxygen atoms in total. The van der Waals surface area contributed by atoms with Crippen molar-refractivity contribution < 1.29 is 14.7 Å². The van der Waals surface area contributed by atoms with Gasteiger partial charge in [0.25, 0.3) is 0 Å². The van der Waals surface area contributed by atoms with E-state index < -0.39 is 6.09 Å². The number of benzene rings is 2. The second-order valence-corrected chi connectivity index (χ2v) is 9.42. The van der Waals surface area contributed by atoms with Crippen molar-refractivity contribution in [3.63, 3.8) is 0 Å². The molecule has 4 N–H and O–H groups in total. The number of para-hydroxylation sites is 1. The molecule has 186 valence electrons. The van der Waals surface area contributed by atoms with Crippen LogP contribution in [0.2, 0.25) is 0 Å². The summed E-state index contributed by atoms with van der Waals surface area (Å²) in [5, 5.41) is 18.4. The number of anilines is 2. The summed E-state index contributed by atoms with van der Waals surface area (Å²) >= 11 is 0. The Morgan fingerprint density at radius 1 is 1.17 bits per heavy atom. The maximum absolute atomic E-state index is 12.1. The van der Waals surface area contributed by atoms with Gasteiger partial charge in [0.2, 0.25) is 5.91 Å². The van der Waals surface area contributed by atoms with E-state index in [-0.39, 0.29) is 5.91 Å².